The van der Waals surface area contributed by atoms with Gasteiger partial charge in [0.25, 0.3) is 0 Å². The van der Waals surface area contributed by atoms with Gasteiger partial charge in [-0.05, 0) is 26.7 Å². The number of hydrogen-bond acceptors (Lipinski definition) is 3. The first kappa shape index (κ1) is 14.9. The van der Waals surface area contributed by atoms with E-state index in [0.717, 1.165) is 32.7 Å². The van der Waals surface area contributed by atoms with E-state index in [4.69, 9.17) is 4.74 Å². The molecular weight excluding hydrogens is 212 g/mol. The lowest BCUT2D eigenvalue weighted by Crippen LogP contribution is -2.50. The Morgan fingerprint density at radius 1 is 1.35 bits per heavy atom. The molecule has 3 unspecified atom stereocenters. The molecule has 0 aromatic heterocycles. The summed E-state index contributed by atoms with van der Waals surface area (Å²) in [4.78, 5) is 2.56. The molecule has 0 aromatic rings. The predicted octanol–water partition coefficient (Wildman–Crippen LogP) is 2.26. The third kappa shape index (κ3) is 5.36. The summed E-state index contributed by atoms with van der Waals surface area (Å²) in [6.45, 7) is 13.2. The van der Waals surface area contributed by atoms with E-state index in [1.54, 1.807) is 0 Å². The largest absolute Gasteiger partial charge is 0.376 e. The number of nitrogens with one attached hydrogen (secondary N) is 1. The minimum Gasteiger partial charge on any atom is -0.376 e. The number of morpholine rings is 1. The lowest BCUT2D eigenvalue weighted by atomic mass is 10.1. The summed E-state index contributed by atoms with van der Waals surface area (Å²) in [5.74, 6) is 0. The van der Waals surface area contributed by atoms with E-state index in [1.165, 1.54) is 12.8 Å². The summed E-state index contributed by atoms with van der Waals surface area (Å²) in [6, 6.07) is 1.26. The van der Waals surface area contributed by atoms with E-state index in [2.05, 4.69) is 37.9 Å². The maximum Gasteiger partial charge on any atom is 0.0700 e. The molecule has 17 heavy (non-hydrogen) atoms. The van der Waals surface area contributed by atoms with Crippen molar-refractivity contribution in [3.8, 4) is 0 Å². The second kappa shape index (κ2) is 8.06. The van der Waals surface area contributed by atoms with Gasteiger partial charge in [-0.3, -0.25) is 4.90 Å². The maximum atomic E-state index is 5.71. The van der Waals surface area contributed by atoms with Crippen molar-refractivity contribution in [3.05, 3.63) is 0 Å². The van der Waals surface area contributed by atoms with E-state index in [-0.39, 0.29) is 0 Å². The molecule has 0 aliphatic carbocycles. The van der Waals surface area contributed by atoms with Crippen LogP contribution in [0.1, 0.15) is 47.0 Å². The Labute approximate surface area is 107 Å². The summed E-state index contributed by atoms with van der Waals surface area (Å²) in [6.07, 6.45) is 4.10. The average Bonchev–Trinajstić information content (AvgIpc) is 2.36. The normalized spacial score (nSPS) is 25.8. The van der Waals surface area contributed by atoms with E-state index < -0.39 is 0 Å². The van der Waals surface area contributed by atoms with Crippen LogP contribution in [0.25, 0.3) is 0 Å². The van der Waals surface area contributed by atoms with Crippen LogP contribution < -0.4 is 5.32 Å². The zero-order valence-corrected chi connectivity index (χ0v) is 12.0. The van der Waals surface area contributed by atoms with Crippen LogP contribution in [0.4, 0.5) is 0 Å². The van der Waals surface area contributed by atoms with Crippen molar-refractivity contribution in [1.82, 2.24) is 10.2 Å². The molecule has 102 valence electrons. The number of ether oxygens (including phenoxy) is 1. The van der Waals surface area contributed by atoms with Crippen molar-refractivity contribution in [1.29, 1.82) is 0 Å². The zero-order chi connectivity index (χ0) is 12.7. The molecule has 0 radical (unpaired) electrons. The number of rotatable bonds is 7. The smallest absolute Gasteiger partial charge is 0.0700 e. The molecule has 3 heteroatoms. The molecule has 3 atom stereocenters. The summed E-state index contributed by atoms with van der Waals surface area (Å²) in [5.41, 5.74) is 0. The molecule has 3 nitrogen and oxygen atoms in total. The molecule has 0 bridgehead atoms. The van der Waals surface area contributed by atoms with Crippen LogP contribution in [-0.4, -0.2) is 49.3 Å². The first-order valence-electron chi connectivity index (χ1n) is 7.26. The van der Waals surface area contributed by atoms with Gasteiger partial charge in [0.15, 0.2) is 0 Å². The van der Waals surface area contributed by atoms with Gasteiger partial charge in [0.1, 0.15) is 0 Å². The molecule has 1 aliphatic heterocycles. The van der Waals surface area contributed by atoms with Crippen molar-refractivity contribution in [2.75, 3.05) is 26.2 Å². The summed E-state index contributed by atoms with van der Waals surface area (Å²) >= 11 is 0. The van der Waals surface area contributed by atoms with Crippen LogP contribution in [0, 0.1) is 0 Å². The van der Waals surface area contributed by atoms with Crippen LogP contribution in [-0.2, 0) is 4.74 Å². The Bertz CT molecular complexity index is 199. The second-order valence-electron chi connectivity index (χ2n) is 5.34. The Kier molecular flexibility index (Phi) is 7.09. The highest BCUT2D eigenvalue weighted by Crippen LogP contribution is 2.11. The Morgan fingerprint density at radius 2 is 2.12 bits per heavy atom. The Morgan fingerprint density at radius 3 is 2.76 bits per heavy atom. The maximum absolute atomic E-state index is 5.71. The Hall–Kier alpha value is -0.120. The first-order chi connectivity index (χ1) is 8.17. The summed E-state index contributed by atoms with van der Waals surface area (Å²) in [5, 5.41) is 3.63. The molecule has 1 N–H and O–H groups in total. The SMILES string of the molecule is CCCC(C)NCC(C)N1CCOC(CC)C1. The van der Waals surface area contributed by atoms with Gasteiger partial charge in [0.05, 0.1) is 12.7 Å². The van der Waals surface area contributed by atoms with Crippen LogP contribution in [0.3, 0.4) is 0 Å². The highest BCUT2D eigenvalue weighted by Gasteiger charge is 2.22. The van der Waals surface area contributed by atoms with E-state index in [9.17, 15) is 0 Å². The molecule has 1 heterocycles. The molecule has 0 saturated carbocycles. The highest BCUT2D eigenvalue weighted by atomic mass is 16.5. The monoisotopic (exact) mass is 242 g/mol. The fourth-order valence-electron chi connectivity index (χ4n) is 2.43. The first-order valence-corrected chi connectivity index (χ1v) is 7.26. The standard InChI is InChI=1S/C14H30N2O/c1-5-7-12(3)15-10-13(4)16-8-9-17-14(6-2)11-16/h12-15H,5-11H2,1-4H3. The van der Waals surface area contributed by atoms with Crippen molar-refractivity contribution in [2.45, 2.75) is 65.1 Å². The number of nitrogens with zero attached hydrogens (tertiary/aromatic N) is 1. The third-order valence-corrected chi connectivity index (χ3v) is 3.73. The third-order valence-electron chi connectivity index (χ3n) is 3.73. The summed E-state index contributed by atoms with van der Waals surface area (Å²) in [7, 11) is 0. The zero-order valence-electron chi connectivity index (χ0n) is 12.0. The van der Waals surface area contributed by atoms with Crippen molar-refractivity contribution in [2.24, 2.45) is 0 Å². The molecule has 1 aliphatic rings. The van der Waals surface area contributed by atoms with Gasteiger partial charge in [-0.25, -0.2) is 0 Å². The molecule has 1 rings (SSSR count). The predicted molar refractivity (Wildman–Crippen MR) is 73.4 cm³/mol. The van der Waals surface area contributed by atoms with Gasteiger partial charge in [-0.2, -0.15) is 0 Å². The molecule has 1 fully saturated rings. The van der Waals surface area contributed by atoms with Gasteiger partial charge < -0.3 is 10.1 Å². The van der Waals surface area contributed by atoms with E-state index >= 15 is 0 Å². The fourth-order valence-corrected chi connectivity index (χ4v) is 2.43. The molecule has 0 spiro atoms. The lowest BCUT2D eigenvalue weighted by Gasteiger charge is -2.37. The van der Waals surface area contributed by atoms with Gasteiger partial charge in [-0.15, -0.1) is 0 Å². The van der Waals surface area contributed by atoms with Gasteiger partial charge in [0, 0.05) is 31.7 Å². The highest BCUT2D eigenvalue weighted by molar-refractivity contribution is 4.77. The summed E-state index contributed by atoms with van der Waals surface area (Å²) < 4.78 is 5.71. The van der Waals surface area contributed by atoms with Gasteiger partial charge >= 0.3 is 0 Å². The minimum absolute atomic E-state index is 0.444. The van der Waals surface area contributed by atoms with Crippen LogP contribution in [0.5, 0.6) is 0 Å². The topological polar surface area (TPSA) is 24.5 Å². The molecule has 0 aromatic carbocycles. The average molecular weight is 242 g/mol. The van der Waals surface area contributed by atoms with E-state index in [1.807, 2.05) is 0 Å². The fraction of sp³-hybridized carbons (Fsp3) is 1.00. The lowest BCUT2D eigenvalue weighted by molar-refractivity contribution is -0.0419. The minimum atomic E-state index is 0.444. The Balaban J connectivity index is 2.24. The van der Waals surface area contributed by atoms with Gasteiger partial charge in [0.2, 0.25) is 0 Å². The van der Waals surface area contributed by atoms with Crippen LogP contribution >= 0.6 is 0 Å². The second-order valence-corrected chi connectivity index (χ2v) is 5.34. The molecule has 0 amide bonds. The van der Waals surface area contributed by atoms with E-state index in [0.29, 0.717) is 18.2 Å². The molecule has 1 saturated heterocycles. The van der Waals surface area contributed by atoms with Crippen molar-refractivity contribution >= 4 is 0 Å². The van der Waals surface area contributed by atoms with Crippen molar-refractivity contribution < 1.29 is 4.74 Å². The van der Waals surface area contributed by atoms with Gasteiger partial charge in [-0.1, -0.05) is 20.3 Å². The van der Waals surface area contributed by atoms with Crippen molar-refractivity contribution in [3.63, 3.8) is 0 Å². The van der Waals surface area contributed by atoms with Crippen LogP contribution in [0.15, 0.2) is 0 Å². The number of hydrogen-bond donors (Lipinski definition) is 1. The quantitative estimate of drug-likeness (QED) is 0.741. The molecular formula is C14H30N2O. The van der Waals surface area contributed by atoms with Crippen LogP contribution in [0.2, 0.25) is 0 Å².